The highest BCUT2D eigenvalue weighted by molar-refractivity contribution is 5.95. The number of amides is 2. The Morgan fingerprint density at radius 3 is 2.69 bits per heavy atom. The number of carbonyl (C=O) groups excluding carboxylic acids is 2. The second-order valence-corrected chi connectivity index (χ2v) is 8.41. The molecule has 0 bridgehead atoms. The Bertz CT molecular complexity index is 1450. The van der Waals surface area contributed by atoms with Crippen LogP contribution in [0.15, 0.2) is 54.7 Å². The zero-order chi connectivity index (χ0) is 24.5. The molecule has 2 aromatic carbocycles. The lowest BCUT2D eigenvalue weighted by Gasteiger charge is -2.11. The molecular formula is C25H21F2N5O3. The highest BCUT2D eigenvalue weighted by Gasteiger charge is 2.26. The third-order valence-electron chi connectivity index (χ3n) is 5.71. The summed E-state index contributed by atoms with van der Waals surface area (Å²) in [6.07, 6.45) is 3.35. The lowest BCUT2D eigenvalue weighted by Crippen LogP contribution is -2.18. The minimum absolute atomic E-state index is 0.0147. The van der Waals surface area contributed by atoms with Gasteiger partial charge in [-0.3, -0.25) is 14.9 Å². The van der Waals surface area contributed by atoms with E-state index in [-0.39, 0.29) is 29.6 Å². The smallest absolute Gasteiger partial charge is 0.254 e. The van der Waals surface area contributed by atoms with Crippen molar-refractivity contribution in [1.82, 2.24) is 14.5 Å². The molecule has 2 heterocycles. The fraction of sp³-hybridized carbons (Fsp3) is 0.200. The number of imidazole rings is 1. The van der Waals surface area contributed by atoms with E-state index in [0.29, 0.717) is 29.1 Å². The zero-order valence-electron chi connectivity index (χ0n) is 18.5. The van der Waals surface area contributed by atoms with Crippen molar-refractivity contribution >= 4 is 28.8 Å². The molecule has 4 aromatic rings. The summed E-state index contributed by atoms with van der Waals surface area (Å²) in [6, 6.07) is 11.6. The van der Waals surface area contributed by atoms with E-state index in [2.05, 4.69) is 15.3 Å². The number of benzene rings is 2. The molecule has 0 unspecified atom stereocenters. The lowest BCUT2D eigenvalue weighted by atomic mass is 10.1. The SMILES string of the molecule is NC(=O)c1cccnc1Oc1ccc(CC(=O)Nc2nc3cccc(F)c3n2CC2CC2)cc1F. The number of carbonyl (C=O) groups is 2. The molecule has 1 aliphatic carbocycles. The number of nitrogens with two attached hydrogens (primary N) is 1. The number of para-hydroxylation sites is 1. The van der Waals surface area contributed by atoms with Crippen LogP contribution in [-0.2, 0) is 17.8 Å². The van der Waals surface area contributed by atoms with E-state index in [1.54, 1.807) is 16.7 Å². The van der Waals surface area contributed by atoms with Crippen molar-refractivity contribution in [3.63, 3.8) is 0 Å². The molecule has 35 heavy (non-hydrogen) atoms. The second kappa shape index (κ2) is 9.13. The van der Waals surface area contributed by atoms with Crippen LogP contribution in [0.25, 0.3) is 11.0 Å². The number of hydrogen-bond acceptors (Lipinski definition) is 5. The largest absolute Gasteiger partial charge is 0.435 e. The Kier molecular flexibility index (Phi) is 5.86. The Morgan fingerprint density at radius 2 is 1.94 bits per heavy atom. The summed E-state index contributed by atoms with van der Waals surface area (Å²) in [5.74, 6) is -1.92. The fourth-order valence-corrected chi connectivity index (χ4v) is 3.83. The molecule has 0 atom stereocenters. The molecule has 1 fully saturated rings. The second-order valence-electron chi connectivity index (χ2n) is 8.41. The minimum atomic E-state index is -0.755. The van der Waals surface area contributed by atoms with Crippen molar-refractivity contribution < 1.29 is 23.1 Å². The number of primary amides is 1. The van der Waals surface area contributed by atoms with Crippen LogP contribution in [-0.4, -0.2) is 26.3 Å². The zero-order valence-corrected chi connectivity index (χ0v) is 18.5. The minimum Gasteiger partial charge on any atom is -0.435 e. The van der Waals surface area contributed by atoms with E-state index < -0.39 is 23.4 Å². The maximum absolute atomic E-state index is 14.7. The number of nitrogens with zero attached hydrogens (tertiary/aromatic N) is 3. The lowest BCUT2D eigenvalue weighted by molar-refractivity contribution is -0.115. The van der Waals surface area contributed by atoms with Gasteiger partial charge in [-0.1, -0.05) is 12.1 Å². The van der Waals surface area contributed by atoms with E-state index in [9.17, 15) is 18.4 Å². The third-order valence-corrected chi connectivity index (χ3v) is 5.71. The molecule has 0 aliphatic heterocycles. The van der Waals surface area contributed by atoms with Crippen molar-refractivity contribution in [2.75, 3.05) is 5.32 Å². The van der Waals surface area contributed by atoms with Crippen molar-refractivity contribution in [1.29, 1.82) is 0 Å². The maximum atomic E-state index is 14.7. The summed E-state index contributed by atoms with van der Waals surface area (Å²) in [5.41, 5.74) is 6.51. The number of fused-ring (bicyclic) bond motifs is 1. The summed E-state index contributed by atoms with van der Waals surface area (Å²) in [5, 5.41) is 2.73. The number of ether oxygens (including phenoxy) is 1. The number of nitrogens with one attached hydrogen (secondary N) is 1. The molecule has 0 radical (unpaired) electrons. The molecule has 178 valence electrons. The first-order valence-electron chi connectivity index (χ1n) is 11.0. The monoisotopic (exact) mass is 477 g/mol. The van der Waals surface area contributed by atoms with E-state index >= 15 is 0 Å². The number of halogens is 2. The first-order valence-corrected chi connectivity index (χ1v) is 11.0. The molecule has 1 saturated carbocycles. The van der Waals surface area contributed by atoms with Crippen molar-refractivity contribution in [3.8, 4) is 11.6 Å². The van der Waals surface area contributed by atoms with Crippen molar-refractivity contribution in [2.45, 2.75) is 25.8 Å². The van der Waals surface area contributed by atoms with Crippen LogP contribution in [0.1, 0.15) is 28.8 Å². The van der Waals surface area contributed by atoms with Gasteiger partial charge in [-0.05, 0) is 60.7 Å². The van der Waals surface area contributed by atoms with E-state index in [4.69, 9.17) is 10.5 Å². The van der Waals surface area contributed by atoms with Gasteiger partial charge in [-0.25, -0.2) is 18.7 Å². The van der Waals surface area contributed by atoms with Crippen LogP contribution < -0.4 is 15.8 Å². The van der Waals surface area contributed by atoms with Crippen LogP contribution in [0.5, 0.6) is 11.6 Å². The van der Waals surface area contributed by atoms with Crippen LogP contribution in [0, 0.1) is 17.6 Å². The average molecular weight is 477 g/mol. The number of anilines is 1. The Morgan fingerprint density at radius 1 is 1.11 bits per heavy atom. The van der Waals surface area contributed by atoms with Gasteiger partial charge in [0.15, 0.2) is 11.6 Å². The summed E-state index contributed by atoms with van der Waals surface area (Å²) in [4.78, 5) is 32.6. The summed E-state index contributed by atoms with van der Waals surface area (Å²) in [6.45, 7) is 0.564. The predicted molar refractivity (Wildman–Crippen MR) is 124 cm³/mol. The number of hydrogen-bond donors (Lipinski definition) is 2. The van der Waals surface area contributed by atoms with Gasteiger partial charge in [0, 0.05) is 12.7 Å². The molecular weight excluding hydrogens is 456 g/mol. The number of aromatic nitrogens is 3. The van der Waals surface area contributed by atoms with Gasteiger partial charge in [0.1, 0.15) is 16.9 Å². The molecule has 8 nitrogen and oxygen atoms in total. The molecule has 2 aromatic heterocycles. The Hall–Kier alpha value is -4.34. The molecule has 5 rings (SSSR count). The Labute approximate surface area is 198 Å². The maximum Gasteiger partial charge on any atom is 0.254 e. The summed E-state index contributed by atoms with van der Waals surface area (Å²) >= 11 is 0. The van der Waals surface area contributed by atoms with Crippen molar-refractivity contribution in [3.05, 3.63) is 77.5 Å². The molecule has 3 N–H and O–H groups in total. The van der Waals surface area contributed by atoms with E-state index in [0.717, 1.165) is 18.9 Å². The third kappa shape index (κ3) is 4.81. The van der Waals surface area contributed by atoms with Gasteiger partial charge in [-0.2, -0.15) is 0 Å². The normalized spacial score (nSPS) is 13.1. The van der Waals surface area contributed by atoms with Gasteiger partial charge in [0.25, 0.3) is 5.91 Å². The summed E-state index contributed by atoms with van der Waals surface area (Å²) < 4.78 is 36.3. The van der Waals surface area contributed by atoms with Crippen molar-refractivity contribution in [2.24, 2.45) is 11.7 Å². The van der Waals surface area contributed by atoms with Crippen LogP contribution >= 0.6 is 0 Å². The van der Waals surface area contributed by atoms with E-state index in [1.807, 2.05) is 0 Å². The predicted octanol–water partition coefficient (Wildman–Crippen LogP) is 4.19. The van der Waals surface area contributed by atoms with Gasteiger partial charge >= 0.3 is 0 Å². The van der Waals surface area contributed by atoms with Crippen LogP contribution in [0.4, 0.5) is 14.7 Å². The first kappa shape index (κ1) is 22.5. The molecule has 10 heteroatoms. The standard InChI is InChI=1S/C25H21F2N5O3/c26-17-4-1-5-19-22(17)32(13-14-6-7-14)25(30-19)31-21(33)12-15-8-9-20(18(27)11-15)35-24-16(23(28)34)3-2-10-29-24/h1-5,8-11,14H,6-7,12-13H2,(H2,28,34)(H,30,31,33). The highest BCUT2D eigenvalue weighted by Crippen LogP contribution is 2.34. The summed E-state index contributed by atoms with van der Waals surface area (Å²) in [7, 11) is 0. The van der Waals surface area contributed by atoms with Gasteiger partial charge < -0.3 is 15.0 Å². The van der Waals surface area contributed by atoms with Gasteiger partial charge in [0.2, 0.25) is 17.7 Å². The fourth-order valence-electron chi connectivity index (χ4n) is 3.83. The molecule has 1 aliphatic rings. The first-order chi connectivity index (χ1) is 16.9. The molecule has 0 saturated heterocycles. The van der Waals surface area contributed by atoms with Crippen LogP contribution in [0.2, 0.25) is 0 Å². The number of pyridine rings is 1. The molecule has 0 spiro atoms. The van der Waals surface area contributed by atoms with Crippen LogP contribution in [0.3, 0.4) is 0 Å². The van der Waals surface area contributed by atoms with E-state index in [1.165, 1.54) is 36.5 Å². The quantitative estimate of drug-likeness (QED) is 0.395. The van der Waals surface area contributed by atoms with Gasteiger partial charge in [0.05, 0.1) is 11.9 Å². The number of rotatable bonds is 8. The van der Waals surface area contributed by atoms with Gasteiger partial charge in [-0.15, -0.1) is 0 Å². The molecule has 2 amide bonds. The topological polar surface area (TPSA) is 112 Å². The average Bonchev–Trinajstić information content (AvgIpc) is 3.57. The Balaban J connectivity index is 1.32. The highest BCUT2D eigenvalue weighted by atomic mass is 19.1.